The summed E-state index contributed by atoms with van der Waals surface area (Å²) >= 11 is -0.748. The zero-order valence-electron chi connectivity index (χ0n) is 2.80. The number of rotatable bonds is 1. The van der Waals surface area contributed by atoms with Crippen molar-refractivity contribution in [1.29, 1.82) is 0 Å². The zero-order chi connectivity index (χ0) is 5.41. The van der Waals surface area contributed by atoms with Gasteiger partial charge in [0.15, 0.2) is 0 Å². The summed E-state index contributed by atoms with van der Waals surface area (Å²) in [6.07, 6.45) is 0. The first-order valence-electron chi connectivity index (χ1n) is 0.933. The molecule has 0 amide bonds. The van der Waals surface area contributed by atoms with Crippen LogP contribution in [0.4, 0.5) is 0 Å². The van der Waals surface area contributed by atoms with Gasteiger partial charge in [-0.1, -0.05) is 0 Å². The molecular formula is HO3SiTiZr. The van der Waals surface area contributed by atoms with Gasteiger partial charge in [-0.2, -0.15) is 0 Å². The van der Waals surface area contributed by atoms with Gasteiger partial charge in [0.2, 0.25) is 0 Å². The molecule has 6 heavy (non-hydrogen) atoms. The Hall–Kier alpha value is 1.21. The van der Waals surface area contributed by atoms with E-state index in [-0.39, 0.29) is 0 Å². The molecule has 0 fully saturated rings. The first-order valence-corrected chi connectivity index (χ1v) is 7.88. The first-order chi connectivity index (χ1) is 2.91. The second-order valence-electron chi connectivity index (χ2n) is 0.236. The summed E-state index contributed by atoms with van der Waals surface area (Å²) in [6.45, 7) is -0.853. The maximum atomic E-state index is 9.19. The molecule has 0 aromatic heterocycles. The summed E-state index contributed by atoms with van der Waals surface area (Å²) in [5, 5.41) is 0. The molecule has 0 spiro atoms. The van der Waals surface area contributed by atoms with E-state index < -0.39 is 28.9 Å². The summed E-state index contributed by atoms with van der Waals surface area (Å²) in [5.74, 6) is 0. The van der Waals surface area contributed by atoms with Crippen LogP contribution in [-0.2, 0) is 53.4 Å². The van der Waals surface area contributed by atoms with Crippen molar-refractivity contribution in [2.75, 3.05) is 0 Å². The molecule has 0 unspecified atom stereocenters. The van der Waals surface area contributed by atoms with Crippen LogP contribution in [0.1, 0.15) is 0 Å². The van der Waals surface area contributed by atoms with Crippen LogP contribution in [0.5, 0.6) is 0 Å². The van der Waals surface area contributed by atoms with Crippen molar-refractivity contribution < 1.29 is 53.4 Å². The molecular weight excluding hydrogens is 215 g/mol. The van der Waals surface area contributed by atoms with E-state index in [0.29, 0.717) is 0 Å². The Labute approximate surface area is 59.5 Å². The molecule has 0 aromatic carbocycles. The standard InChI is InChI=1S/HOSi.2O.Ti.Zr/c1-2;;;;/h2H;;;;. The minimum absolute atomic E-state index is 0.750. The van der Waals surface area contributed by atoms with Crippen LogP contribution in [0.15, 0.2) is 0 Å². The van der Waals surface area contributed by atoms with Gasteiger partial charge < -0.3 is 0 Å². The van der Waals surface area contributed by atoms with Crippen molar-refractivity contribution in [1.82, 2.24) is 0 Å². The fourth-order valence-corrected chi connectivity index (χ4v) is 0. The molecule has 3 nitrogen and oxygen atoms in total. The summed E-state index contributed by atoms with van der Waals surface area (Å²) in [4.78, 5) is 0. The zero-order valence-corrected chi connectivity index (χ0v) is 7.98. The van der Waals surface area contributed by atoms with Crippen LogP contribution < -0.4 is 0 Å². The Morgan fingerprint density at radius 2 is 1.67 bits per heavy atom. The van der Waals surface area contributed by atoms with E-state index >= 15 is 0 Å². The molecule has 0 heterocycles. The van der Waals surface area contributed by atoms with Crippen molar-refractivity contribution >= 4 is 6.53 Å². The topological polar surface area (TPSA) is 51.2 Å². The molecule has 0 radical (unpaired) electrons. The summed E-state index contributed by atoms with van der Waals surface area (Å²) in [6, 6.07) is 0. The van der Waals surface area contributed by atoms with E-state index in [1.54, 1.807) is 0 Å². The molecule has 0 aromatic rings. The molecule has 31 valence electrons. The molecule has 0 atom stereocenters. The molecule has 0 bridgehead atoms. The van der Waals surface area contributed by atoms with Gasteiger partial charge in [-0.15, -0.1) is 0 Å². The van der Waals surface area contributed by atoms with Gasteiger partial charge in [0, 0.05) is 0 Å². The van der Waals surface area contributed by atoms with Crippen LogP contribution in [0.25, 0.3) is 0 Å². The third kappa shape index (κ3) is 18.9. The van der Waals surface area contributed by atoms with Crippen molar-refractivity contribution in [2.45, 2.75) is 0 Å². The van der Waals surface area contributed by atoms with Crippen molar-refractivity contribution in [3.8, 4) is 0 Å². The Kier molecular flexibility index (Phi) is 27.9. The number of hydrogen-bond donors (Lipinski definition) is 0. The van der Waals surface area contributed by atoms with E-state index in [2.05, 4.69) is 0 Å². The van der Waals surface area contributed by atoms with Gasteiger partial charge in [-0.3, -0.25) is 0 Å². The molecule has 0 aliphatic heterocycles. The van der Waals surface area contributed by atoms with Gasteiger partial charge in [-0.25, -0.2) is 0 Å². The van der Waals surface area contributed by atoms with E-state index in [0.717, 1.165) is 20.4 Å². The van der Waals surface area contributed by atoms with Gasteiger partial charge >= 0.3 is 59.9 Å². The summed E-state index contributed by atoms with van der Waals surface area (Å²) in [7, 11) is 0. The van der Waals surface area contributed by atoms with E-state index in [1.807, 2.05) is 0 Å². The molecule has 0 aliphatic rings. The van der Waals surface area contributed by atoms with Gasteiger partial charge in [0.25, 0.3) is 0 Å². The molecule has 0 saturated carbocycles. The monoisotopic (exact) mass is 215 g/mol. The first kappa shape index (κ1) is 10.2. The Bertz CT molecular complexity index is 40.1. The minimum atomic E-state index is -1.50. The molecule has 6 heteroatoms. The third-order valence-corrected chi connectivity index (χ3v) is 0.854. The normalized spacial score (nSPS) is 3.17. The quantitative estimate of drug-likeness (QED) is 0.528. The van der Waals surface area contributed by atoms with E-state index in [1.165, 1.54) is 0 Å². The van der Waals surface area contributed by atoms with E-state index in [4.69, 9.17) is 7.79 Å². The second kappa shape index (κ2) is 16.4. The van der Waals surface area contributed by atoms with Gasteiger partial charge in [0.05, 0.1) is 0 Å². The van der Waals surface area contributed by atoms with Crippen molar-refractivity contribution in [2.24, 2.45) is 0 Å². The van der Waals surface area contributed by atoms with Gasteiger partial charge in [0.1, 0.15) is 0 Å². The fourth-order valence-electron chi connectivity index (χ4n) is 0. The Morgan fingerprint density at radius 3 is 1.67 bits per heavy atom. The fraction of sp³-hybridized carbons (Fsp3) is 0. The van der Waals surface area contributed by atoms with Crippen LogP contribution in [0.3, 0.4) is 0 Å². The molecule has 0 aliphatic carbocycles. The summed E-state index contributed by atoms with van der Waals surface area (Å²) < 4.78 is 26.6. The third-order valence-electron chi connectivity index (χ3n) is 0.0481. The SMILES string of the molecule is O=[SiH][Zr]=[O].[O]=[Ti]. The van der Waals surface area contributed by atoms with Crippen LogP contribution in [0, 0.1) is 0 Å². The predicted octanol–water partition coefficient (Wildman–Crippen LogP) is -1.01. The van der Waals surface area contributed by atoms with Gasteiger partial charge in [-0.05, 0) is 0 Å². The molecule has 0 rings (SSSR count). The van der Waals surface area contributed by atoms with Crippen molar-refractivity contribution in [3.05, 3.63) is 0 Å². The van der Waals surface area contributed by atoms with Crippen LogP contribution in [0.2, 0.25) is 0 Å². The Balaban J connectivity index is 0. The maximum absolute atomic E-state index is 9.19. The molecule has 0 N–H and O–H groups in total. The second-order valence-corrected chi connectivity index (χ2v) is 4.18. The Morgan fingerprint density at radius 1 is 1.50 bits per heavy atom. The van der Waals surface area contributed by atoms with Crippen LogP contribution >= 0.6 is 0 Å². The average molecular weight is 216 g/mol. The predicted molar refractivity (Wildman–Crippen MR) is 9.21 cm³/mol. The van der Waals surface area contributed by atoms with Crippen molar-refractivity contribution in [3.63, 3.8) is 0 Å². The van der Waals surface area contributed by atoms with E-state index in [9.17, 15) is 2.81 Å². The number of hydrogen-bond acceptors (Lipinski definition) is 3. The van der Waals surface area contributed by atoms with Crippen LogP contribution in [-0.4, -0.2) is 6.53 Å². The summed E-state index contributed by atoms with van der Waals surface area (Å²) in [5.41, 5.74) is 0. The molecule has 0 saturated heterocycles. The average Bonchev–Trinajstić information content (AvgIpc) is 1.72.